The van der Waals surface area contributed by atoms with Gasteiger partial charge in [-0.2, -0.15) is 0 Å². The lowest BCUT2D eigenvalue weighted by atomic mass is 10.2. The van der Waals surface area contributed by atoms with Crippen molar-refractivity contribution < 1.29 is 9.90 Å². The predicted molar refractivity (Wildman–Crippen MR) is 49.3 cm³/mol. The molecular weight excluding hydrogens is 178 g/mol. The van der Waals surface area contributed by atoms with Gasteiger partial charge in [-0.05, 0) is 13.3 Å². The summed E-state index contributed by atoms with van der Waals surface area (Å²) in [4.78, 5) is 12.8. The number of carbonyl (C=O) groups excluding carboxylic acids is 1. The summed E-state index contributed by atoms with van der Waals surface area (Å²) in [5.41, 5.74) is 0. The number of carbonyl (C=O) groups is 1. The van der Waals surface area contributed by atoms with E-state index in [2.05, 4.69) is 0 Å². The third-order valence-corrected chi connectivity index (χ3v) is 2.11. The van der Waals surface area contributed by atoms with Crippen LogP contribution in [0.15, 0.2) is 0 Å². The van der Waals surface area contributed by atoms with E-state index in [0.29, 0.717) is 18.7 Å². The molecule has 0 radical (unpaired) electrons. The molecule has 0 aromatic rings. The molecule has 0 bridgehead atoms. The summed E-state index contributed by atoms with van der Waals surface area (Å²) in [6, 6.07) is -0.104. The topological polar surface area (TPSA) is 40.5 Å². The standard InChI is InChI=1S/C8H16ClNO2/c1-7(6-11)10(2)8(12)4-3-5-9/h7,11H,3-6H2,1-2H3. The Morgan fingerprint density at radius 3 is 2.67 bits per heavy atom. The minimum atomic E-state index is -0.104. The Kier molecular flexibility index (Phi) is 6.11. The van der Waals surface area contributed by atoms with Crippen LogP contribution in [-0.4, -0.2) is 41.5 Å². The highest BCUT2D eigenvalue weighted by Gasteiger charge is 2.13. The largest absolute Gasteiger partial charge is 0.394 e. The Morgan fingerprint density at radius 1 is 1.67 bits per heavy atom. The molecule has 0 aromatic carbocycles. The van der Waals surface area contributed by atoms with Crippen LogP contribution in [0.3, 0.4) is 0 Å². The van der Waals surface area contributed by atoms with Crippen molar-refractivity contribution in [2.24, 2.45) is 0 Å². The zero-order valence-electron chi connectivity index (χ0n) is 7.59. The van der Waals surface area contributed by atoms with Gasteiger partial charge in [-0.25, -0.2) is 0 Å². The Bertz CT molecular complexity index is 141. The fraction of sp³-hybridized carbons (Fsp3) is 0.875. The molecule has 1 amide bonds. The summed E-state index contributed by atoms with van der Waals surface area (Å²) in [5, 5.41) is 8.76. The van der Waals surface area contributed by atoms with Crippen LogP contribution in [0.25, 0.3) is 0 Å². The molecule has 1 N–H and O–H groups in total. The molecule has 0 saturated heterocycles. The van der Waals surface area contributed by atoms with Crippen LogP contribution < -0.4 is 0 Å². The smallest absolute Gasteiger partial charge is 0.222 e. The van der Waals surface area contributed by atoms with Gasteiger partial charge in [0.1, 0.15) is 0 Å². The molecule has 0 aliphatic carbocycles. The van der Waals surface area contributed by atoms with E-state index in [1.165, 1.54) is 0 Å². The molecule has 0 aliphatic rings. The van der Waals surface area contributed by atoms with Gasteiger partial charge >= 0.3 is 0 Å². The van der Waals surface area contributed by atoms with Gasteiger partial charge in [0.25, 0.3) is 0 Å². The molecule has 0 saturated carbocycles. The molecule has 72 valence electrons. The van der Waals surface area contributed by atoms with Crippen molar-refractivity contribution in [1.82, 2.24) is 4.90 Å². The Hall–Kier alpha value is -0.280. The first-order valence-corrected chi connectivity index (χ1v) is 4.59. The van der Waals surface area contributed by atoms with E-state index in [0.717, 1.165) is 0 Å². The van der Waals surface area contributed by atoms with Gasteiger partial charge in [-0.1, -0.05) is 0 Å². The van der Waals surface area contributed by atoms with E-state index in [4.69, 9.17) is 16.7 Å². The number of alkyl halides is 1. The van der Waals surface area contributed by atoms with Crippen molar-refractivity contribution >= 4 is 17.5 Å². The number of amides is 1. The van der Waals surface area contributed by atoms with Gasteiger partial charge in [-0.15, -0.1) is 11.6 Å². The average Bonchev–Trinajstić information content (AvgIpc) is 2.11. The third-order valence-electron chi connectivity index (χ3n) is 1.84. The number of hydrogen-bond acceptors (Lipinski definition) is 2. The predicted octanol–water partition coefficient (Wildman–Crippen LogP) is 0.845. The molecule has 1 atom stereocenters. The lowest BCUT2D eigenvalue weighted by Gasteiger charge is -2.22. The minimum Gasteiger partial charge on any atom is -0.394 e. The van der Waals surface area contributed by atoms with Crippen LogP contribution in [0.4, 0.5) is 0 Å². The van der Waals surface area contributed by atoms with Gasteiger partial charge in [-0.3, -0.25) is 4.79 Å². The number of aliphatic hydroxyl groups is 1. The molecule has 0 aromatic heterocycles. The maximum atomic E-state index is 11.3. The minimum absolute atomic E-state index is 0.00309. The number of likely N-dealkylation sites (N-methyl/N-ethyl adjacent to an activating group) is 1. The number of aliphatic hydroxyl groups excluding tert-OH is 1. The molecular formula is C8H16ClNO2. The van der Waals surface area contributed by atoms with Crippen molar-refractivity contribution in [2.75, 3.05) is 19.5 Å². The Balaban J connectivity index is 3.75. The molecule has 3 nitrogen and oxygen atoms in total. The van der Waals surface area contributed by atoms with E-state index >= 15 is 0 Å². The fourth-order valence-electron chi connectivity index (χ4n) is 0.763. The normalized spacial score (nSPS) is 12.7. The summed E-state index contributed by atoms with van der Waals surface area (Å²) >= 11 is 5.44. The van der Waals surface area contributed by atoms with E-state index < -0.39 is 0 Å². The van der Waals surface area contributed by atoms with Crippen molar-refractivity contribution in [3.63, 3.8) is 0 Å². The van der Waals surface area contributed by atoms with Crippen LogP contribution in [0.5, 0.6) is 0 Å². The van der Waals surface area contributed by atoms with Crippen molar-refractivity contribution in [3.8, 4) is 0 Å². The fourth-order valence-corrected chi connectivity index (χ4v) is 0.896. The number of hydrogen-bond donors (Lipinski definition) is 1. The van der Waals surface area contributed by atoms with Crippen LogP contribution in [0, 0.1) is 0 Å². The van der Waals surface area contributed by atoms with Gasteiger partial charge in [0, 0.05) is 19.3 Å². The van der Waals surface area contributed by atoms with E-state index in [1.807, 2.05) is 0 Å². The van der Waals surface area contributed by atoms with Crippen molar-refractivity contribution in [3.05, 3.63) is 0 Å². The average molecular weight is 194 g/mol. The van der Waals surface area contributed by atoms with Crippen LogP contribution in [0.1, 0.15) is 19.8 Å². The van der Waals surface area contributed by atoms with Crippen LogP contribution >= 0.6 is 11.6 Å². The number of rotatable bonds is 5. The molecule has 0 rings (SSSR count). The summed E-state index contributed by atoms with van der Waals surface area (Å²) < 4.78 is 0. The highest BCUT2D eigenvalue weighted by molar-refractivity contribution is 6.17. The second kappa shape index (κ2) is 6.26. The molecule has 12 heavy (non-hydrogen) atoms. The van der Waals surface area contributed by atoms with Crippen molar-refractivity contribution in [1.29, 1.82) is 0 Å². The molecule has 0 fully saturated rings. The van der Waals surface area contributed by atoms with Gasteiger partial charge in [0.2, 0.25) is 5.91 Å². The number of nitrogens with zero attached hydrogens (tertiary/aromatic N) is 1. The second-order valence-corrected chi connectivity index (χ2v) is 3.21. The van der Waals surface area contributed by atoms with Crippen LogP contribution in [0.2, 0.25) is 0 Å². The van der Waals surface area contributed by atoms with E-state index in [9.17, 15) is 4.79 Å². The monoisotopic (exact) mass is 193 g/mol. The van der Waals surface area contributed by atoms with Crippen LogP contribution in [-0.2, 0) is 4.79 Å². The lowest BCUT2D eigenvalue weighted by molar-refractivity contribution is -0.132. The first-order valence-electron chi connectivity index (χ1n) is 4.06. The SMILES string of the molecule is CC(CO)N(C)C(=O)CCCCl. The molecule has 1 unspecified atom stereocenters. The summed E-state index contributed by atoms with van der Waals surface area (Å²) in [6.07, 6.45) is 1.16. The van der Waals surface area contributed by atoms with Gasteiger partial charge in [0.15, 0.2) is 0 Å². The summed E-state index contributed by atoms with van der Waals surface area (Å²) in [7, 11) is 1.69. The van der Waals surface area contributed by atoms with Gasteiger partial charge in [0.05, 0.1) is 12.6 Å². The molecule has 0 spiro atoms. The summed E-state index contributed by atoms with van der Waals surface area (Å²) in [5.74, 6) is 0.546. The highest BCUT2D eigenvalue weighted by atomic mass is 35.5. The zero-order chi connectivity index (χ0) is 9.56. The maximum absolute atomic E-state index is 11.3. The van der Waals surface area contributed by atoms with Crippen molar-refractivity contribution in [2.45, 2.75) is 25.8 Å². The highest BCUT2D eigenvalue weighted by Crippen LogP contribution is 2.01. The molecule has 0 aliphatic heterocycles. The second-order valence-electron chi connectivity index (χ2n) is 2.83. The Morgan fingerprint density at radius 2 is 2.25 bits per heavy atom. The first kappa shape index (κ1) is 11.7. The third kappa shape index (κ3) is 3.93. The first-order chi connectivity index (χ1) is 5.63. The van der Waals surface area contributed by atoms with Gasteiger partial charge < -0.3 is 10.0 Å². The molecule has 4 heteroatoms. The maximum Gasteiger partial charge on any atom is 0.222 e. The zero-order valence-corrected chi connectivity index (χ0v) is 8.34. The molecule has 0 heterocycles. The number of halogens is 1. The van der Waals surface area contributed by atoms with E-state index in [-0.39, 0.29) is 18.6 Å². The lowest BCUT2D eigenvalue weighted by Crippen LogP contribution is -2.37. The van der Waals surface area contributed by atoms with E-state index in [1.54, 1.807) is 18.9 Å². The Labute approximate surface area is 78.3 Å². The quantitative estimate of drug-likeness (QED) is 0.658. The summed E-state index contributed by atoms with van der Waals surface area (Å²) in [6.45, 7) is 1.81.